The van der Waals surface area contributed by atoms with Gasteiger partial charge < -0.3 is 5.32 Å². The summed E-state index contributed by atoms with van der Waals surface area (Å²) >= 11 is 0. The highest BCUT2D eigenvalue weighted by Crippen LogP contribution is 2.10. The molecule has 0 saturated carbocycles. The highest BCUT2D eigenvalue weighted by Gasteiger charge is 2.25. The van der Waals surface area contributed by atoms with Crippen molar-refractivity contribution in [3.8, 4) is 0 Å². The van der Waals surface area contributed by atoms with Crippen LogP contribution in [0.15, 0.2) is 0 Å². The standard InChI is InChI=1S/C10H20N2O/c1-9(13)4-6-12-7-5-11-10(2,3)8-12/h11H,4-8H2,1-3H3. The van der Waals surface area contributed by atoms with Gasteiger partial charge in [-0.3, -0.25) is 9.69 Å². The molecule has 1 fully saturated rings. The van der Waals surface area contributed by atoms with Crippen molar-refractivity contribution in [3.05, 3.63) is 0 Å². The fourth-order valence-electron chi connectivity index (χ4n) is 1.75. The van der Waals surface area contributed by atoms with Gasteiger partial charge in [0.05, 0.1) is 0 Å². The minimum absolute atomic E-state index is 0.203. The van der Waals surface area contributed by atoms with Crippen molar-refractivity contribution in [3.63, 3.8) is 0 Å². The molecule has 0 bridgehead atoms. The number of nitrogens with zero attached hydrogens (tertiary/aromatic N) is 1. The number of hydrogen-bond donors (Lipinski definition) is 1. The van der Waals surface area contributed by atoms with Crippen molar-refractivity contribution in [1.29, 1.82) is 0 Å². The average molecular weight is 184 g/mol. The molecule has 0 aliphatic carbocycles. The molecule has 13 heavy (non-hydrogen) atoms. The Labute approximate surface area is 80.5 Å². The van der Waals surface area contributed by atoms with Crippen LogP contribution in [0.5, 0.6) is 0 Å². The third-order valence-electron chi connectivity index (χ3n) is 2.43. The van der Waals surface area contributed by atoms with Crippen molar-refractivity contribution in [2.24, 2.45) is 0 Å². The molecule has 1 aliphatic heterocycles. The summed E-state index contributed by atoms with van der Waals surface area (Å²) < 4.78 is 0. The predicted octanol–water partition coefficient (Wildman–Crippen LogP) is 0.649. The Morgan fingerprint density at radius 2 is 2.23 bits per heavy atom. The van der Waals surface area contributed by atoms with Crippen LogP contribution in [0.3, 0.4) is 0 Å². The largest absolute Gasteiger partial charge is 0.309 e. The van der Waals surface area contributed by atoms with Crippen molar-refractivity contribution in [2.45, 2.75) is 32.7 Å². The molecule has 0 radical (unpaired) electrons. The highest BCUT2D eigenvalue weighted by molar-refractivity contribution is 5.75. The van der Waals surface area contributed by atoms with Gasteiger partial charge in [0, 0.05) is 38.1 Å². The van der Waals surface area contributed by atoms with Gasteiger partial charge >= 0.3 is 0 Å². The minimum atomic E-state index is 0.203. The number of nitrogens with one attached hydrogen (secondary N) is 1. The molecular weight excluding hydrogens is 164 g/mol. The van der Waals surface area contributed by atoms with Gasteiger partial charge in [0.15, 0.2) is 0 Å². The number of piperazine rings is 1. The van der Waals surface area contributed by atoms with Crippen LogP contribution in [0.2, 0.25) is 0 Å². The Morgan fingerprint density at radius 1 is 1.54 bits per heavy atom. The van der Waals surface area contributed by atoms with Crippen LogP contribution in [0.4, 0.5) is 0 Å². The normalized spacial score (nSPS) is 23.0. The van der Waals surface area contributed by atoms with Gasteiger partial charge in [0.2, 0.25) is 0 Å². The van der Waals surface area contributed by atoms with Gasteiger partial charge in [-0.1, -0.05) is 0 Å². The first-order valence-electron chi connectivity index (χ1n) is 4.96. The summed E-state index contributed by atoms with van der Waals surface area (Å²) in [6.45, 7) is 10.1. The zero-order valence-electron chi connectivity index (χ0n) is 8.89. The monoisotopic (exact) mass is 184 g/mol. The second-order valence-electron chi connectivity index (χ2n) is 4.54. The quantitative estimate of drug-likeness (QED) is 0.699. The van der Waals surface area contributed by atoms with Crippen LogP contribution in [0, 0.1) is 0 Å². The van der Waals surface area contributed by atoms with Crippen LogP contribution >= 0.6 is 0 Å². The van der Waals surface area contributed by atoms with Crippen LogP contribution in [-0.4, -0.2) is 42.4 Å². The number of rotatable bonds is 3. The summed E-state index contributed by atoms with van der Waals surface area (Å²) in [5.74, 6) is 0.288. The molecule has 76 valence electrons. The maximum atomic E-state index is 10.8. The van der Waals surface area contributed by atoms with E-state index in [9.17, 15) is 4.79 Å². The Bertz CT molecular complexity index is 189. The maximum Gasteiger partial charge on any atom is 0.131 e. The van der Waals surface area contributed by atoms with Gasteiger partial charge in [0.25, 0.3) is 0 Å². The number of carbonyl (C=O) groups is 1. The van der Waals surface area contributed by atoms with Crippen molar-refractivity contribution in [1.82, 2.24) is 10.2 Å². The van der Waals surface area contributed by atoms with Crippen LogP contribution in [-0.2, 0) is 4.79 Å². The minimum Gasteiger partial charge on any atom is -0.309 e. The predicted molar refractivity (Wildman–Crippen MR) is 53.8 cm³/mol. The van der Waals surface area contributed by atoms with E-state index in [1.807, 2.05) is 0 Å². The van der Waals surface area contributed by atoms with E-state index in [1.54, 1.807) is 6.92 Å². The first-order chi connectivity index (χ1) is 5.99. The zero-order valence-corrected chi connectivity index (χ0v) is 8.89. The van der Waals surface area contributed by atoms with E-state index in [-0.39, 0.29) is 11.3 Å². The Balaban J connectivity index is 2.30. The Hall–Kier alpha value is -0.410. The molecule has 0 unspecified atom stereocenters. The molecule has 0 spiro atoms. The lowest BCUT2D eigenvalue weighted by molar-refractivity contribution is -0.117. The Morgan fingerprint density at radius 3 is 2.77 bits per heavy atom. The van der Waals surface area contributed by atoms with Gasteiger partial charge in [-0.05, 0) is 20.8 Å². The molecule has 0 amide bonds. The van der Waals surface area contributed by atoms with E-state index in [0.29, 0.717) is 6.42 Å². The third kappa shape index (κ3) is 3.87. The molecule has 0 aromatic carbocycles. The molecule has 1 saturated heterocycles. The van der Waals surface area contributed by atoms with Crippen LogP contribution in [0.1, 0.15) is 27.2 Å². The first kappa shape index (κ1) is 10.7. The lowest BCUT2D eigenvalue weighted by Gasteiger charge is -2.39. The summed E-state index contributed by atoms with van der Waals surface area (Å²) in [5.41, 5.74) is 0.203. The second-order valence-corrected chi connectivity index (χ2v) is 4.54. The third-order valence-corrected chi connectivity index (χ3v) is 2.43. The summed E-state index contributed by atoms with van der Waals surface area (Å²) in [7, 11) is 0. The molecule has 1 heterocycles. The van der Waals surface area contributed by atoms with E-state index in [0.717, 1.165) is 26.2 Å². The molecule has 3 heteroatoms. The Kier molecular flexibility index (Phi) is 3.45. The van der Waals surface area contributed by atoms with Crippen molar-refractivity contribution in [2.75, 3.05) is 26.2 Å². The SMILES string of the molecule is CC(=O)CCN1CCNC(C)(C)C1. The number of hydrogen-bond acceptors (Lipinski definition) is 3. The van der Waals surface area contributed by atoms with E-state index in [1.165, 1.54) is 0 Å². The van der Waals surface area contributed by atoms with Crippen LogP contribution < -0.4 is 5.32 Å². The topological polar surface area (TPSA) is 32.3 Å². The first-order valence-corrected chi connectivity index (χ1v) is 4.96. The fourth-order valence-corrected chi connectivity index (χ4v) is 1.75. The molecule has 0 aromatic heterocycles. The van der Waals surface area contributed by atoms with E-state index >= 15 is 0 Å². The molecule has 1 rings (SSSR count). The van der Waals surface area contributed by atoms with Crippen LogP contribution in [0.25, 0.3) is 0 Å². The van der Waals surface area contributed by atoms with Gasteiger partial charge in [-0.25, -0.2) is 0 Å². The van der Waals surface area contributed by atoms with Gasteiger partial charge in [-0.15, -0.1) is 0 Å². The summed E-state index contributed by atoms with van der Waals surface area (Å²) in [4.78, 5) is 13.2. The lowest BCUT2D eigenvalue weighted by atomic mass is 10.0. The summed E-state index contributed by atoms with van der Waals surface area (Å²) in [6, 6.07) is 0. The van der Waals surface area contributed by atoms with Crippen molar-refractivity contribution < 1.29 is 4.79 Å². The fraction of sp³-hybridized carbons (Fsp3) is 0.900. The smallest absolute Gasteiger partial charge is 0.131 e. The van der Waals surface area contributed by atoms with Crippen molar-refractivity contribution >= 4 is 5.78 Å². The average Bonchev–Trinajstić information content (AvgIpc) is 1.99. The number of carbonyl (C=O) groups excluding carboxylic acids is 1. The van der Waals surface area contributed by atoms with Gasteiger partial charge in [-0.2, -0.15) is 0 Å². The zero-order chi connectivity index (χ0) is 9.90. The van der Waals surface area contributed by atoms with E-state index in [2.05, 4.69) is 24.1 Å². The molecule has 0 atom stereocenters. The highest BCUT2D eigenvalue weighted by atomic mass is 16.1. The molecular formula is C10H20N2O. The molecule has 1 N–H and O–H groups in total. The molecule has 1 aliphatic rings. The second kappa shape index (κ2) is 4.20. The van der Waals surface area contributed by atoms with E-state index in [4.69, 9.17) is 0 Å². The number of Topliss-reactive ketones (excluding diaryl/α,β-unsaturated/α-hetero) is 1. The summed E-state index contributed by atoms with van der Waals surface area (Å²) in [5, 5.41) is 3.45. The maximum absolute atomic E-state index is 10.8. The van der Waals surface area contributed by atoms with E-state index < -0.39 is 0 Å². The molecule has 0 aromatic rings. The number of ketones is 1. The van der Waals surface area contributed by atoms with Gasteiger partial charge in [0.1, 0.15) is 5.78 Å². The lowest BCUT2D eigenvalue weighted by Crippen LogP contribution is -2.57. The summed E-state index contributed by atoms with van der Waals surface area (Å²) in [6.07, 6.45) is 0.691. The molecule has 3 nitrogen and oxygen atoms in total.